The first-order valence-electron chi connectivity index (χ1n) is 5.54. The van der Waals surface area contributed by atoms with Gasteiger partial charge in [0.25, 0.3) is 0 Å². The minimum atomic E-state index is -0.0981. The predicted octanol–water partition coefficient (Wildman–Crippen LogP) is 4.03. The first-order valence-corrected chi connectivity index (χ1v) is 6.95. The summed E-state index contributed by atoms with van der Waals surface area (Å²) in [4.78, 5) is 4.40. The van der Waals surface area contributed by atoms with Crippen molar-refractivity contribution < 1.29 is 9.47 Å². The predicted molar refractivity (Wildman–Crippen MR) is 73.7 cm³/mol. The molecule has 18 heavy (non-hydrogen) atoms. The second-order valence-corrected chi connectivity index (χ2v) is 4.91. The third-order valence-corrected chi connectivity index (χ3v) is 3.74. The average Bonchev–Trinajstić information content (AvgIpc) is 2.88. The summed E-state index contributed by atoms with van der Waals surface area (Å²) in [6, 6.07) is 7.53. The maximum Gasteiger partial charge on any atom is 0.147 e. The number of nitrogens with zero attached hydrogens (tertiary/aromatic N) is 1. The molecule has 2 aromatic rings. The third kappa shape index (κ3) is 3.15. The monoisotopic (exact) mass is 283 g/mol. The van der Waals surface area contributed by atoms with Gasteiger partial charge >= 0.3 is 0 Å². The Balaban J connectivity index is 2.08. The van der Waals surface area contributed by atoms with E-state index in [0.29, 0.717) is 5.88 Å². The number of halogens is 1. The van der Waals surface area contributed by atoms with Crippen molar-refractivity contribution in [1.82, 2.24) is 4.98 Å². The van der Waals surface area contributed by atoms with E-state index in [4.69, 9.17) is 21.1 Å². The number of alkyl halides is 1. The third-order valence-electron chi connectivity index (χ3n) is 2.41. The lowest BCUT2D eigenvalue weighted by Gasteiger charge is -2.12. The highest BCUT2D eigenvalue weighted by molar-refractivity contribution is 7.09. The van der Waals surface area contributed by atoms with Gasteiger partial charge in [-0.15, -0.1) is 22.9 Å². The van der Waals surface area contributed by atoms with Gasteiger partial charge in [-0.3, -0.25) is 0 Å². The van der Waals surface area contributed by atoms with Gasteiger partial charge < -0.3 is 9.47 Å². The van der Waals surface area contributed by atoms with Crippen LogP contribution in [0.4, 0.5) is 0 Å². The van der Waals surface area contributed by atoms with Crippen LogP contribution in [0.2, 0.25) is 0 Å². The van der Waals surface area contributed by atoms with E-state index < -0.39 is 0 Å². The first kappa shape index (κ1) is 13.2. The SMILES string of the molecule is COc1cccc(OC(C)c2nc(CCl)cs2)c1. The lowest BCUT2D eigenvalue weighted by atomic mass is 10.3. The van der Waals surface area contributed by atoms with E-state index >= 15 is 0 Å². The van der Waals surface area contributed by atoms with Crippen LogP contribution < -0.4 is 9.47 Å². The minimum Gasteiger partial charge on any atom is -0.497 e. The Bertz CT molecular complexity index is 515. The van der Waals surface area contributed by atoms with Gasteiger partial charge in [-0.1, -0.05) is 6.07 Å². The van der Waals surface area contributed by atoms with Crippen LogP contribution in [0, 0.1) is 0 Å². The number of rotatable bonds is 5. The van der Waals surface area contributed by atoms with Gasteiger partial charge in [0.05, 0.1) is 18.7 Å². The molecular formula is C13H14ClNO2S. The summed E-state index contributed by atoms with van der Waals surface area (Å²) < 4.78 is 11.0. The van der Waals surface area contributed by atoms with E-state index in [1.54, 1.807) is 18.4 Å². The first-order chi connectivity index (χ1) is 8.72. The van der Waals surface area contributed by atoms with E-state index in [1.165, 1.54) is 0 Å². The van der Waals surface area contributed by atoms with Crippen molar-refractivity contribution in [2.24, 2.45) is 0 Å². The highest BCUT2D eigenvalue weighted by atomic mass is 35.5. The fourth-order valence-corrected chi connectivity index (χ4v) is 2.53. The molecule has 0 aliphatic carbocycles. The molecule has 1 atom stereocenters. The molecule has 96 valence electrons. The molecule has 1 unspecified atom stereocenters. The number of methoxy groups -OCH3 is 1. The fourth-order valence-electron chi connectivity index (χ4n) is 1.50. The molecule has 0 amide bonds. The minimum absolute atomic E-state index is 0.0981. The molecule has 0 bridgehead atoms. The molecule has 0 fully saturated rings. The van der Waals surface area contributed by atoms with Crippen LogP contribution in [0.25, 0.3) is 0 Å². The Morgan fingerprint density at radius 3 is 2.83 bits per heavy atom. The van der Waals surface area contributed by atoms with Gasteiger partial charge in [-0.05, 0) is 19.1 Å². The van der Waals surface area contributed by atoms with Gasteiger partial charge in [-0.2, -0.15) is 0 Å². The number of aromatic nitrogens is 1. The van der Waals surface area contributed by atoms with E-state index in [9.17, 15) is 0 Å². The van der Waals surface area contributed by atoms with Crippen molar-refractivity contribution in [3.8, 4) is 11.5 Å². The summed E-state index contributed by atoms with van der Waals surface area (Å²) in [6.45, 7) is 1.97. The van der Waals surface area contributed by atoms with Gasteiger partial charge in [0.1, 0.15) is 22.6 Å². The molecule has 0 aliphatic heterocycles. The molecule has 0 spiro atoms. The normalized spacial score (nSPS) is 12.2. The van der Waals surface area contributed by atoms with Crippen LogP contribution in [0.15, 0.2) is 29.6 Å². The number of benzene rings is 1. The molecule has 0 saturated carbocycles. The average molecular weight is 284 g/mol. The molecule has 0 N–H and O–H groups in total. The van der Waals surface area contributed by atoms with Crippen LogP contribution in [-0.4, -0.2) is 12.1 Å². The van der Waals surface area contributed by atoms with Gasteiger partial charge in [-0.25, -0.2) is 4.98 Å². The van der Waals surface area contributed by atoms with E-state index in [-0.39, 0.29) is 6.10 Å². The molecule has 0 radical (unpaired) electrons. The Hall–Kier alpha value is -1.26. The van der Waals surface area contributed by atoms with Crippen molar-refractivity contribution in [3.05, 3.63) is 40.3 Å². The Labute approximate surface area is 115 Å². The molecule has 3 nitrogen and oxygen atoms in total. The molecule has 1 aromatic heterocycles. The highest BCUT2D eigenvalue weighted by Gasteiger charge is 2.12. The standard InChI is InChI=1S/C13H14ClNO2S/c1-9(13-15-10(7-14)8-18-13)17-12-5-3-4-11(6-12)16-2/h3-6,8-9H,7H2,1-2H3. The molecule has 5 heteroatoms. The molecule has 2 rings (SSSR count). The van der Waals surface area contributed by atoms with Crippen molar-refractivity contribution in [2.75, 3.05) is 7.11 Å². The zero-order chi connectivity index (χ0) is 13.0. The summed E-state index contributed by atoms with van der Waals surface area (Å²) in [6.07, 6.45) is -0.0981. The van der Waals surface area contributed by atoms with Crippen molar-refractivity contribution in [3.63, 3.8) is 0 Å². The Morgan fingerprint density at radius 1 is 1.39 bits per heavy atom. The van der Waals surface area contributed by atoms with Crippen molar-refractivity contribution >= 4 is 22.9 Å². The smallest absolute Gasteiger partial charge is 0.147 e. The summed E-state index contributed by atoms with van der Waals surface area (Å²) >= 11 is 7.29. The fraction of sp³-hybridized carbons (Fsp3) is 0.308. The van der Waals surface area contributed by atoms with Crippen LogP contribution in [0.5, 0.6) is 11.5 Å². The number of ether oxygens (including phenoxy) is 2. The van der Waals surface area contributed by atoms with E-state index in [0.717, 1.165) is 22.2 Å². The molecule has 0 aliphatic rings. The molecular weight excluding hydrogens is 270 g/mol. The van der Waals surface area contributed by atoms with Gasteiger partial charge in [0, 0.05) is 11.4 Å². The number of hydrogen-bond donors (Lipinski definition) is 0. The molecule has 1 heterocycles. The van der Waals surface area contributed by atoms with Gasteiger partial charge in [0.15, 0.2) is 0 Å². The van der Waals surface area contributed by atoms with Crippen LogP contribution in [0.1, 0.15) is 23.7 Å². The highest BCUT2D eigenvalue weighted by Crippen LogP contribution is 2.27. The summed E-state index contributed by atoms with van der Waals surface area (Å²) in [5.74, 6) is 1.98. The molecule has 1 aromatic carbocycles. The van der Waals surface area contributed by atoms with Crippen molar-refractivity contribution in [1.29, 1.82) is 0 Å². The van der Waals surface area contributed by atoms with Crippen molar-refractivity contribution in [2.45, 2.75) is 18.9 Å². The largest absolute Gasteiger partial charge is 0.497 e. The maximum atomic E-state index is 5.83. The zero-order valence-corrected chi connectivity index (χ0v) is 11.8. The van der Waals surface area contributed by atoms with E-state index in [2.05, 4.69) is 4.98 Å². The lowest BCUT2D eigenvalue weighted by molar-refractivity contribution is 0.225. The van der Waals surface area contributed by atoms with Crippen LogP contribution in [0.3, 0.4) is 0 Å². The maximum absolute atomic E-state index is 5.83. The topological polar surface area (TPSA) is 31.4 Å². The zero-order valence-electron chi connectivity index (χ0n) is 10.2. The number of thiazole rings is 1. The quantitative estimate of drug-likeness (QED) is 0.776. The summed E-state index contributed by atoms with van der Waals surface area (Å²) in [5.41, 5.74) is 0.887. The second kappa shape index (κ2) is 6.07. The summed E-state index contributed by atoms with van der Waals surface area (Å²) in [7, 11) is 1.64. The Kier molecular flexibility index (Phi) is 4.44. The van der Waals surface area contributed by atoms with E-state index in [1.807, 2.05) is 36.6 Å². The van der Waals surface area contributed by atoms with Crippen LogP contribution in [-0.2, 0) is 5.88 Å². The van der Waals surface area contributed by atoms with Gasteiger partial charge in [0.2, 0.25) is 0 Å². The second-order valence-electron chi connectivity index (χ2n) is 3.75. The molecule has 0 saturated heterocycles. The number of hydrogen-bond acceptors (Lipinski definition) is 4. The lowest BCUT2D eigenvalue weighted by Crippen LogP contribution is -2.02. The Morgan fingerprint density at radius 2 is 2.17 bits per heavy atom. The summed E-state index contributed by atoms with van der Waals surface area (Å²) in [5, 5.41) is 2.88. The van der Waals surface area contributed by atoms with Crippen LogP contribution >= 0.6 is 22.9 Å².